The lowest BCUT2D eigenvalue weighted by Gasteiger charge is -2.26. The molecule has 0 aliphatic rings. The quantitative estimate of drug-likeness (QED) is 0.415. The van der Waals surface area contributed by atoms with Gasteiger partial charge in [-0.25, -0.2) is 8.42 Å². The van der Waals surface area contributed by atoms with Crippen LogP contribution in [0.4, 0.5) is 0 Å². The van der Waals surface area contributed by atoms with Gasteiger partial charge in [0.1, 0.15) is 5.78 Å². The van der Waals surface area contributed by atoms with E-state index in [0.717, 1.165) is 17.7 Å². The summed E-state index contributed by atoms with van der Waals surface area (Å²) >= 11 is 1.52. The average Bonchev–Trinajstić information content (AvgIpc) is 2.55. The number of nitrogens with one attached hydrogen (secondary N) is 1. The van der Waals surface area contributed by atoms with Gasteiger partial charge in [-0.05, 0) is 45.1 Å². The smallest absolute Gasteiger partial charge is 0.308 e. The zero-order valence-electron chi connectivity index (χ0n) is 15.2. The van der Waals surface area contributed by atoms with Gasteiger partial charge in [-0.2, -0.15) is 16.5 Å². The summed E-state index contributed by atoms with van der Waals surface area (Å²) in [5.41, 5.74) is 0.961. The van der Waals surface area contributed by atoms with Crippen molar-refractivity contribution in [2.24, 2.45) is 0 Å². The highest BCUT2D eigenvalue weighted by Gasteiger charge is 2.38. The predicted octanol–water partition coefficient (Wildman–Crippen LogP) is 4.01. The van der Waals surface area contributed by atoms with Crippen LogP contribution in [0.2, 0.25) is 0 Å². The molecular weight excluding hydrogens is 381 g/mol. The molecule has 1 rings (SSSR count). The van der Waals surface area contributed by atoms with Crippen molar-refractivity contribution in [3.05, 3.63) is 29.8 Å². The SMILES string of the molecule is CCCSC[C@@H](NS(=O)(=O)c1ccc(C)cc1)P(=O)(OCC)OCC. The van der Waals surface area contributed by atoms with Crippen LogP contribution in [0.5, 0.6) is 0 Å². The van der Waals surface area contributed by atoms with E-state index >= 15 is 0 Å². The number of aryl methyl sites for hydroxylation is 1. The Balaban J connectivity index is 3.09. The third kappa shape index (κ3) is 7.04. The molecule has 6 nitrogen and oxygen atoms in total. The van der Waals surface area contributed by atoms with Crippen molar-refractivity contribution in [3.63, 3.8) is 0 Å². The highest BCUT2D eigenvalue weighted by atomic mass is 32.2. The molecule has 0 saturated carbocycles. The third-order valence-electron chi connectivity index (χ3n) is 3.25. The maximum Gasteiger partial charge on any atom is 0.349 e. The minimum absolute atomic E-state index is 0.128. The fourth-order valence-electron chi connectivity index (χ4n) is 2.07. The van der Waals surface area contributed by atoms with Crippen molar-refractivity contribution in [2.45, 2.75) is 44.8 Å². The Kier molecular flexibility index (Phi) is 9.70. The van der Waals surface area contributed by atoms with E-state index in [1.54, 1.807) is 26.0 Å². The van der Waals surface area contributed by atoms with Crippen molar-refractivity contribution in [2.75, 3.05) is 24.7 Å². The highest BCUT2D eigenvalue weighted by molar-refractivity contribution is 7.99. The Labute approximate surface area is 155 Å². The van der Waals surface area contributed by atoms with Crippen LogP contribution >= 0.6 is 19.4 Å². The molecule has 1 atom stereocenters. The summed E-state index contributed by atoms with van der Waals surface area (Å²) in [5.74, 6) is 0.215. The van der Waals surface area contributed by atoms with Gasteiger partial charge in [0.15, 0.2) is 0 Å². The van der Waals surface area contributed by atoms with E-state index in [-0.39, 0.29) is 18.1 Å². The Morgan fingerprint density at radius 2 is 1.68 bits per heavy atom. The molecule has 1 aromatic rings. The molecule has 25 heavy (non-hydrogen) atoms. The van der Waals surface area contributed by atoms with E-state index in [1.807, 2.05) is 13.8 Å². The van der Waals surface area contributed by atoms with Gasteiger partial charge in [-0.15, -0.1) is 0 Å². The molecule has 0 heterocycles. The average molecular weight is 410 g/mol. The Morgan fingerprint density at radius 3 is 2.16 bits per heavy atom. The molecule has 0 fully saturated rings. The van der Waals surface area contributed by atoms with Crippen LogP contribution in [0.15, 0.2) is 29.2 Å². The molecule has 0 amide bonds. The molecule has 0 aliphatic carbocycles. The lowest BCUT2D eigenvalue weighted by atomic mass is 10.2. The fraction of sp³-hybridized carbons (Fsp3) is 0.625. The summed E-state index contributed by atoms with van der Waals surface area (Å²) in [6.07, 6.45) is 0.940. The first-order valence-corrected chi connectivity index (χ1v) is 12.6. The molecule has 0 unspecified atom stereocenters. The molecule has 0 saturated heterocycles. The monoisotopic (exact) mass is 409 g/mol. The number of hydrogen-bond donors (Lipinski definition) is 1. The van der Waals surface area contributed by atoms with Crippen molar-refractivity contribution in [3.8, 4) is 0 Å². The van der Waals surface area contributed by atoms with E-state index in [2.05, 4.69) is 4.72 Å². The van der Waals surface area contributed by atoms with Crippen LogP contribution in [0.25, 0.3) is 0 Å². The van der Waals surface area contributed by atoms with E-state index in [4.69, 9.17) is 9.05 Å². The van der Waals surface area contributed by atoms with Crippen molar-refractivity contribution >= 4 is 29.4 Å². The standard InChI is InChI=1S/C16H28NO5PS2/c1-5-12-24-13-16(23(18,21-6-2)22-7-3)17-25(19,20)15-10-8-14(4)9-11-15/h8-11,16-17H,5-7,12-13H2,1-4H3/t16-/m0/s1. The number of sulfonamides is 1. The fourth-order valence-corrected chi connectivity index (χ4v) is 7.14. The van der Waals surface area contributed by atoms with Crippen LogP contribution in [0.1, 0.15) is 32.8 Å². The second-order valence-electron chi connectivity index (χ2n) is 5.40. The zero-order valence-corrected chi connectivity index (χ0v) is 17.8. The maximum atomic E-state index is 13.1. The Bertz CT molecular complexity index is 654. The van der Waals surface area contributed by atoms with E-state index in [9.17, 15) is 13.0 Å². The molecule has 144 valence electrons. The van der Waals surface area contributed by atoms with Gasteiger partial charge in [0, 0.05) is 5.75 Å². The van der Waals surface area contributed by atoms with Crippen LogP contribution in [0.3, 0.4) is 0 Å². The summed E-state index contributed by atoms with van der Waals surface area (Å²) in [6.45, 7) is 7.68. The topological polar surface area (TPSA) is 81.7 Å². The highest BCUT2D eigenvalue weighted by Crippen LogP contribution is 2.53. The lowest BCUT2D eigenvalue weighted by molar-refractivity contribution is 0.212. The number of hydrogen-bond acceptors (Lipinski definition) is 6. The van der Waals surface area contributed by atoms with E-state index < -0.39 is 23.4 Å². The zero-order chi connectivity index (χ0) is 18.9. The van der Waals surface area contributed by atoms with Crippen molar-refractivity contribution < 1.29 is 22.0 Å². The summed E-state index contributed by atoms with van der Waals surface area (Å²) in [7, 11) is -7.44. The normalized spacial score (nSPS) is 13.8. The van der Waals surface area contributed by atoms with Gasteiger partial charge >= 0.3 is 7.60 Å². The van der Waals surface area contributed by atoms with Gasteiger partial charge in [0.25, 0.3) is 0 Å². The minimum atomic E-state index is -3.83. The third-order valence-corrected chi connectivity index (χ3v) is 8.73. The van der Waals surface area contributed by atoms with Crippen LogP contribution in [-0.2, 0) is 23.6 Å². The Hall–Kier alpha value is -0.370. The largest absolute Gasteiger partial charge is 0.349 e. The first kappa shape index (κ1) is 22.7. The summed E-state index contributed by atoms with van der Waals surface area (Å²) in [4.78, 5) is 0.128. The van der Waals surface area contributed by atoms with Crippen LogP contribution < -0.4 is 4.72 Å². The van der Waals surface area contributed by atoms with Crippen LogP contribution in [0, 0.1) is 6.92 Å². The molecule has 1 aromatic carbocycles. The van der Waals surface area contributed by atoms with E-state index in [1.165, 1.54) is 23.9 Å². The number of benzene rings is 1. The second-order valence-corrected chi connectivity index (χ2v) is 10.5. The predicted molar refractivity (Wildman–Crippen MR) is 104 cm³/mol. The summed E-state index contributed by atoms with van der Waals surface area (Å²) in [6, 6.07) is 6.50. The number of thioether (sulfide) groups is 1. The summed E-state index contributed by atoms with van der Waals surface area (Å²) in [5, 5.41) is 0. The molecule has 0 bridgehead atoms. The van der Waals surface area contributed by atoms with Gasteiger partial charge in [-0.3, -0.25) is 4.57 Å². The maximum absolute atomic E-state index is 13.1. The number of rotatable bonds is 12. The lowest BCUT2D eigenvalue weighted by Crippen LogP contribution is -2.37. The molecule has 1 N–H and O–H groups in total. The van der Waals surface area contributed by atoms with Gasteiger partial charge < -0.3 is 9.05 Å². The molecule has 9 heteroatoms. The molecule has 0 radical (unpaired) electrons. The summed E-state index contributed by atoms with van der Waals surface area (Å²) < 4.78 is 51.7. The second kappa shape index (κ2) is 10.7. The van der Waals surface area contributed by atoms with Crippen LogP contribution in [-0.4, -0.2) is 38.9 Å². The van der Waals surface area contributed by atoms with Gasteiger partial charge in [0.05, 0.1) is 18.1 Å². The van der Waals surface area contributed by atoms with Gasteiger partial charge in [0.2, 0.25) is 10.0 Å². The van der Waals surface area contributed by atoms with Crippen molar-refractivity contribution in [1.29, 1.82) is 0 Å². The van der Waals surface area contributed by atoms with E-state index in [0.29, 0.717) is 5.75 Å². The minimum Gasteiger partial charge on any atom is -0.308 e. The van der Waals surface area contributed by atoms with Gasteiger partial charge in [-0.1, -0.05) is 24.6 Å². The molecule has 0 aromatic heterocycles. The molecule has 0 spiro atoms. The molecule has 0 aliphatic heterocycles. The Morgan fingerprint density at radius 1 is 1.12 bits per heavy atom. The molecular formula is C16H28NO5PS2. The first-order chi connectivity index (χ1) is 11.8. The van der Waals surface area contributed by atoms with Crippen molar-refractivity contribution in [1.82, 2.24) is 4.72 Å². The first-order valence-electron chi connectivity index (χ1n) is 8.34.